The van der Waals surface area contributed by atoms with E-state index in [4.69, 9.17) is 0 Å². The molecular weight excluding hydrogens is 326 g/mol. The normalized spacial score (nSPS) is 22.0. The van der Waals surface area contributed by atoms with Crippen molar-refractivity contribution >= 4 is 15.9 Å². The van der Waals surface area contributed by atoms with Crippen LogP contribution in [0.4, 0.5) is 0 Å². The van der Waals surface area contributed by atoms with Crippen molar-refractivity contribution in [3.05, 3.63) is 0 Å². The first-order valence-electron chi connectivity index (χ1n) is 8.01. The Kier molecular flexibility index (Phi) is 8.10. The molecule has 22 heavy (non-hydrogen) atoms. The van der Waals surface area contributed by atoms with Crippen LogP contribution in [-0.4, -0.2) is 68.0 Å². The summed E-state index contributed by atoms with van der Waals surface area (Å²) in [5.41, 5.74) is 0. The van der Waals surface area contributed by atoms with Gasteiger partial charge in [0.05, 0.1) is 12.3 Å². The summed E-state index contributed by atoms with van der Waals surface area (Å²) in [5.74, 6) is 0.225. The molecule has 8 heteroatoms. The number of hydrogen-bond acceptors (Lipinski definition) is 4. The van der Waals surface area contributed by atoms with Gasteiger partial charge in [-0.3, -0.25) is 9.69 Å². The number of hydrogen-bond donors (Lipinski definition) is 1. The predicted octanol–water partition coefficient (Wildman–Crippen LogP) is -2.59. The van der Waals surface area contributed by atoms with Crippen LogP contribution in [0, 0.1) is 0 Å². The van der Waals surface area contributed by atoms with Crippen molar-refractivity contribution in [1.82, 2.24) is 14.5 Å². The molecule has 0 spiro atoms. The molecule has 0 aromatic carbocycles. The number of nitrogens with one attached hydrogen (secondary N) is 1. The van der Waals surface area contributed by atoms with Crippen LogP contribution >= 0.6 is 0 Å². The molecular formula is C14H27ClN3O3S-. The zero-order valence-corrected chi connectivity index (χ0v) is 14.8. The molecule has 1 heterocycles. The van der Waals surface area contributed by atoms with E-state index in [-0.39, 0.29) is 24.1 Å². The molecule has 2 fully saturated rings. The second kappa shape index (κ2) is 9.05. The number of halogens is 1. The first-order chi connectivity index (χ1) is 10.0. The van der Waals surface area contributed by atoms with Crippen molar-refractivity contribution in [3.8, 4) is 0 Å². The largest absolute Gasteiger partial charge is 1.00 e. The molecule has 130 valence electrons. The molecule has 1 aliphatic heterocycles. The van der Waals surface area contributed by atoms with E-state index in [1.165, 1.54) is 23.6 Å². The molecule has 1 saturated carbocycles. The Balaban J connectivity index is 0.00000242. The van der Waals surface area contributed by atoms with Gasteiger partial charge in [-0.05, 0) is 19.8 Å². The van der Waals surface area contributed by atoms with Crippen LogP contribution in [0.15, 0.2) is 0 Å². The van der Waals surface area contributed by atoms with Crippen LogP contribution in [0.5, 0.6) is 0 Å². The third-order valence-electron chi connectivity index (χ3n) is 4.43. The van der Waals surface area contributed by atoms with E-state index in [1.54, 1.807) is 6.92 Å². The highest BCUT2D eigenvalue weighted by atomic mass is 35.5. The number of carbonyl (C=O) groups excluding carboxylic acids is 1. The Morgan fingerprint density at radius 1 is 1.09 bits per heavy atom. The Hall–Kier alpha value is -0.370. The SMILES string of the molecule is CCS(=O)(=O)N1CCN(CC(=O)NC2CCCCC2)CC1.[Cl-]. The highest BCUT2D eigenvalue weighted by Gasteiger charge is 2.26. The average Bonchev–Trinajstić information content (AvgIpc) is 2.48. The van der Waals surface area contributed by atoms with E-state index in [0.29, 0.717) is 38.8 Å². The first-order valence-corrected chi connectivity index (χ1v) is 9.61. The standard InChI is InChI=1S/C14H27N3O3S.ClH/c1-2-21(19,20)17-10-8-16(9-11-17)12-14(18)15-13-6-4-3-5-7-13;/h13H,2-12H2,1H3,(H,15,18);1H/p-1. The van der Waals surface area contributed by atoms with E-state index in [2.05, 4.69) is 5.32 Å². The molecule has 1 saturated heterocycles. The summed E-state index contributed by atoms with van der Waals surface area (Å²) in [6, 6.07) is 0.341. The fourth-order valence-corrected chi connectivity index (χ4v) is 4.16. The molecule has 0 atom stereocenters. The monoisotopic (exact) mass is 352 g/mol. The van der Waals surface area contributed by atoms with E-state index in [0.717, 1.165) is 12.8 Å². The van der Waals surface area contributed by atoms with Crippen LogP contribution in [-0.2, 0) is 14.8 Å². The van der Waals surface area contributed by atoms with Crippen LogP contribution in [0.3, 0.4) is 0 Å². The van der Waals surface area contributed by atoms with Crippen molar-refractivity contribution in [1.29, 1.82) is 0 Å². The van der Waals surface area contributed by atoms with E-state index in [9.17, 15) is 13.2 Å². The topological polar surface area (TPSA) is 69.7 Å². The second-order valence-corrected chi connectivity index (χ2v) is 8.24. The molecule has 1 amide bonds. The van der Waals surface area contributed by atoms with Gasteiger partial charge in [-0.15, -0.1) is 0 Å². The maximum absolute atomic E-state index is 12.0. The summed E-state index contributed by atoms with van der Waals surface area (Å²) < 4.78 is 25.1. The Morgan fingerprint density at radius 3 is 2.23 bits per heavy atom. The predicted molar refractivity (Wildman–Crippen MR) is 82.5 cm³/mol. The van der Waals surface area contributed by atoms with Gasteiger partial charge in [-0.1, -0.05) is 19.3 Å². The summed E-state index contributed by atoms with van der Waals surface area (Å²) in [4.78, 5) is 14.1. The van der Waals surface area contributed by atoms with Gasteiger partial charge in [-0.25, -0.2) is 8.42 Å². The first kappa shape index (κ1) is 19.7. The summed E-state index contributed by atoms with van der Waals surface area (Å²) in [6.07, 6.45) is 5.87. The fraction of sp³-hybridized carbons (Fsp3) is 0.929. The van der Waals surface area contributed by atoms with Gasteiger partial charge >= 0.3 is 0 Å². The lowest BCUT2D eigenvalue weighted by atomic mass is 9.95. The van der Waals surface area contributed by atoms with Gasteiger partial charge in [0.2, 0.25) is 15.9 Å². The minimum Gasteiger partial charge on any atom is -1.00 e. The zero-order valence-electron chi connectivity index (χ0n) is 13.3. The number of amides is 1. The smallest absolute Gasteiger partial charge is 0.234 e. The molecule has 6 nitrogen and oxygen atoms in total. The number of carbonyl (C=O) groups is 1. The average molecular weight is 353 g/mol. The number of nitrogens with zero attached hydrogens (tertiary/aromatic N) is 2. The number of rotatable bonds is 5. The third kappa shape index (κ3) is 5.68. The van der Waals surface area contributed by atoms with Gasteiger partial charge in [0.1, 0.15) is 0 Å². The number of piperazine rings is 1. The minimum atomic E-state index is -3.09. The van der Waals surface area contributed by atoms with Crippen LogP contribution in [0.25, 0.3) is 0 Å². The molecule has 0 aromatic heterocycles. The molecule has 1 N–H and O–H groups in total. The van der Waals surface area contributed by atoms with E-state index < -0.39 is 10.0 Å². The lowest BCUT2D eigenvalue weighted by Crippen LogP contribution is -3.00. The van der Waals surface area contributed by atoms with Gasteiger partial charge < -0.3 is 17.7 Å². The molecule has 0 radical (unpaired) electrons. The fourth-order valence-electron chi connectivity index (χ4n) is 3.07. The lowest BCUT2D eigenvalue weighted by Gasteiger charge is -2.33. The molecule has 0 bridgehead atoms. The van der Waals surface area contributed by atoms with Crippen molar-refractivity contribution in [2.45, 2.75) is 45.1 Å². The van der Waals surface area contributed by atoms with Crippen LogP contribution in [0.1, 0.15) is 39.0 Å². The Morgan fingerprint density at radius 2 is 1.68 bits per heavy atom. The van der Waals surface area contributed by atoms with Crippen LogP contribution in [0.2, 0.25) is 0 Å². The summed E-state index contributed by atoms with van der Waals surface area (Å²) in [7, 11) is -3.09. The Labute approximate surface area is 140 Å². The van der Waals surface area contributed by atoms with Crippen molar-refractivity contribution < 1.29 is 25.6 Å². The molecule has 0 aromatic rings. The zero-order chi connectivity index (χ0) is 15.3. The molecule has 1 aliphatic carbocycles. The van der Waals surface area contributed by atoms with Gasteiger partial charge in [0.15, 0.2) is 0 Å². The second-order valence-electron chi connectivity index (χ2n) is 5.98. The molecule has 0 unspecified atom stereocenters. The van der Waals surface area contributed by atoms with Gasteiger partial charge in [0.25, 0.3) is 0 Å². The molecule has 2 aliphatic rings. The van der Waals surface area contributed by atoms with Gasteiger partial charge in [0, 0.05) is 32.2 Å². The van der Waals surface area contributed by atoms with Crippen molar-refractivity contribution in [2.75, 3.05) is 38.5 Å². The maximum Gasteiger partial charge on any atom is 0.234 e. The summed E-state index contributed by atoms with van der Waals surface area (Å²) >= 11 is 0. The summed E-state index contributed by atoms with van der Waals surface area (Å²) in [5, 5.41) is 3.11. The third-order valence-corrected chi connectivity index (χ3v) is 6.31. The highest BCUT2D eigenvalue weighted by molar-refractivity contribution is 7.89. The molecule has 2 rings (SSSR count). The number of sulfonamides is 1. The van der Waals surface area contributed by atoms with Crippen LogP contribution < -0.4 is 17.7 Å². The van der Waals surface area contributed by atoms with Gasteiger partial charge in [-0.2, -0.15) is 4.31 Å². The maximum atomic E-state index is 12.0. The minimum absolute atomic E-state index is 0. The highest BCUT2D eigenvalue weighted by Crippen LogP contribution is 2.17. The quantitative estimate of drug-likeness (QED) is 0.589. The van der Waals surface area contributed by atoms with E-state index >= 15 is 0 Å². The van der Waals surface area contributed by atoms with E-state index in [1.807, 2.05) is 4.90 Å². The summed E-state index contributed by atoms with van der Waals surface area (Å²) in [6.45, 7) is 4.31. The van der Waals surface area contributed by atoms with Crippen molar-refractivity contribution in [3.63, 3.8) is 0 Å². The van der Waals surface area contributed by atoms with Crippen molar-refractivity contribution in [2.24, 2.45) is 0 Å². The Bertz CT molecular complexity index is 444. The lowest BCUT2D eigenvalue weighted by molar-refractivity contribution is -0.123.